The number of carboxylic acid groups (broad SMARTS) is 1. The summed E-state index contributed by atoms with van der Waals surface area (Å²) in [5, 5.41) is 11.4. The van der Waals surface area contributed by atoms with Crippen LogP contribution in [-0.2, 0) is 18.4 Å². The summed E-state index contributed by atoms with van der Waals surface area (Å²) in [7, 11) is 1.97. The monoisotopic (exact) mass is 452 g/mol. The van der Waals surface area contributed by atoms with Crippen LogP contribution in [0.3, 0.4) is 0 Å². The van der Waals surface area contributed by atoms with Gasteiger partial charge in [0, 0.05) is 49.5 Å². The molecule has 3 heterocycles. The number of aliphatic carboxylic acids is 1. The summed E-state index contributed by atoms with van der Waals surface area (Å²) in [6.45, 7) is 3.84. The van der Waals surface area contributed by atoms with Gasteiger partial charge < -0.3 is 10.0 Å². The van der Waals surface area contributed by atoms with Crippen molar-refractivity contribution in [1.29, 1.82) is 0 Å². The molecule has 1 spiro atoms. The molecule has 174 valence electrons. The van der Waals surface area contributed by atoms with E-state index in [1.54, 1.807) is 0 Å². The van der Waals surface area contributed by atoms with Gasteiger partial charge in [0.15, 0.2) is 0 Å². The summed E-state index contributed by atoms with van der Waals surface area (Å²) in [5.41, 5.74) is 2.35. The lowest BCUT2D eigenvalue weighted by atomic mass is 9.84. The highest BCUT2D eigenvalue weighted by Gasteiger charge is 2.43. The number of likely N-dealkylation sites (tertiary alicyclic amines) is 2. The first-order chi connectivity index (χ1) is 15.1. The van der Waals surface area contributed by atoms with E-state index in [1.807, 2.05) is 53.2 Å². The fourth-order valence-corrected chi connectivity index (χ4v) is 4.47. The number of rotatable bonds is 3. The van der Waals surface area contributed by atoms with E-state index in [4.69, 9.17) is 9.90 Å². The van der Waals surface area contributed by atoms with E-state index in [2.05, 4.69) is 16.2 Å². The molecule has 2 aromatic rings. The molecule has 0 saturated carbocycles. The van der Waals surface area contributed by atoms with Crippen molar-refractivity contribution in [2.24, 2.45) is 7.05 Å². The Morgan fingerprint density at radius 1 is 1.09 bits per heavy atom. The van der Waals surface area contributed by atoms with E-state index in [9.17, 15) is 18.0 Å². The van der Waals surface area contributed by atoms with E-state index in [-0.39, 0.29) is 11.4 Å². The van der Waals surface area contributed by atoms with Crippen molar-refractivity contribution in [3.05, 3.63) is 53.9 Å². The minimum absolute atomic E-state index is 0.173. The van der Waals surface area contributed by atoms with Crippen LogP contribution in [0.4, 0.5) is 13.2 Å². The lowest BCUT2D eigenvalue weighted by molar-refractivity contribution is -0.192. The van der Waals surface area contributed by atoms with Crippen LogP contribution in [0.25, 0.3) is 0 Å². The van der Waals surface area contributed by atoms with Crippen molar-refractivity contribution in [3.8, 4) is 0 Å². The summed E-state index contributed by atoms with van der Waals surface area (Å²) < 4.78 is 33.6. The summed E-state index contributed by atoms with van der Waals surface area (Å²) in [4.78, 5) is 26.2. The van der Waals surface area contributed by atoms with Crippen molar-refractivity contribution in [3.63, 3.8) is 0 Å². The third kappa shape index (κ3) is 5.67. The Balaban J connectivity index is 0.000000360. The van der Waals surface area contributed by atoms with Gasteiger partial charge in [-0.1, -0.05) is 18.2 Å². The fraction of sp³-hybridized carbons (Fsp3) is 0.500. The largest absolute Gasteiger partial charge is 0.490 e. The van der Waals surface area contributed by atoms with Gasteiger partial charge in [0.05, 0.1) is 6.20 Å². The van der Waals surface area contributed by atoms with Gasteiger partial charge in [0.2, 0.25) is 0 Å². The molecule has 0 aliphatic carbocycles. The predicted octanol–water partition coefficient (Wildman–Crippen LogP) is 3.32. The van der Waals surface area contributed by atoms with Crippen LogP contribution in [0.2, 0.25) is 0 Å². The number of hydrogen-bond acceptors (Lipinski definition) is 4. The summed E-state index contributed by atoms with van der Waals surface area (Å²) >= 11 is 0. The van der Waals surface area contributed by atoms with Crippen LogP contribution < -0.4 is 0 Å². The first-order valence-electron chi connectivity index (χ1n) is 10.5. The normalized spacial score (nSPS) is 18.3. The van der Waals surface area contributed by atoms with Crippen molar-refractivity contribution in [1.82, 2.24) is 19.6 Å². The Hall–Kier alpha value is -2.88. The third-order valence-corrected chi connectivity index (χ3v) is 6.12. The maximum absolute atomic E-state index is 12.7. The van der Waals surface area contributed by atoms with E-state index in [1.165, 1.54) is 18.4 Å². The van der Waals surface area contributed by atoms with E-state index in [0.717, 1.165) is 44.6 Å². The van der Waals surface area contributed by atoms with E-state index < -0.39 is 12.1 Å². The average Bonchev–Trinajstić information content (AvgIpc) is 3.35. The average molecular weight is 452 g/mol. The molecule has 4 rings (SSSR count). The minimum atomic E-state index is -5.08. The molecule has 2 aliphatic rings. The molecule has 0 bridgehead atoms. The van der Waals surface area contributed by atoms with Gasteiger partial charge in [0.25, 0.3) is 5.91 Å². The number of carbonyl (C=O) groups excluding carboxylic acids is 1. The minimum Gasteiger partial charge on any atom is -0.475 e. The number of carboxylic acids is 1. The molecule has 10 heteroatoms. The highest BCUT2D eigenvalue weighted by atomic mass is 19.4. The molecule has 32 heavy (non-hydrogen) atoms. The van der Waals surface area contributed by atoms with Crippen molar-refractivity contribution in [2.45, 2.75) is 43.9 Å². The van der Waals surface area contributed by atoms with E-state index in [0.29, 0.717) is 0 Å². The second kappa shape index (κ2) is 9.72. The Kier molecular flexibility index (Phi) is 7.22. The second-order valence-electron chi connectivity index (χ2n) is 8.23. The zero-order valence-corrected chi connectivity index (χ0v) is 17.9. The number of aromatic nitrogens is 2. The van der Waals surface area contributed by atoms with Gasteiger partial charge in [-0.3, -0.25) is 14.4 Å². The van der Waals surface area contributed by atoms with Crippen LogP contribution >= 0.6 is 0 Å². The summed E-state index contributed by atoms with van der Waals surface area (Å²) in [6, 6.07) is 9.65. The molecule has 7 nitrogen and oxygen atoms in total. The lowest BCUT2D eigenvalue weighted by Gasteiger charge is -2.45. The fourth-order valence-electron chi connectivity index (χ4n) is 4.47. The molecule has 0 radical (unpaired) electrons. The molecule has 0 atom stereocenters. The van der Waals surface area contributed by atoms with Crippen LogP contribution in [0, 0.1) is 0 Å². The highest BCUT2D eigenvalue weighted by molar-refractivity contribution is 5.94. The lowest BCUT2D eigenvalue weighted by Crippen LogP contribution is -2.52. The standard InChI is InChI=1S/C20H26N4O.C2HF3O2/c1-22-15-17(14-21-22)16-24-11-5-8-20(24)9-12-23(13-10-20)19(25)18-6-3-2-4-7-18;3-2(4,5)1(6)7/h2-4,6-7,14-15H,5,8-13,16H2,1H3;(H,6,7). The number of halogens is 3. The number of amides is 1. The van der Waals surface area contributed by atoms with Gasteiger partial charge in [0.1, 0.15) is 0 Å². The SMILES string of the molecule is Cn1cc(CN2CCCC23CCN(C(=O)c2ccccc2)CC3)cn1.O=C(O)C(F)(F)F. The second-order valence-corrected chi connectivity index (χ2v) is 8.23. The Bertz CT molecular complexity index is 922. The molecule has 1 aromatic carbocycles. The number of piperidine rings is 1. The molecule has 1 aromatic heterocycles. The van der Waals surface area contributed by atoms with Crippen LogP contribution in [0.5, 0.6) is 0 Å². The zero-order chi connectivity index (χ0) is 23.4. The maximum atomic E-state index is 12.7. The Labute approximate surface area is 184 Å². The van der Waals surface area contributed by atoms with Gasteiger partial charge in [-0.25, -0.2) is 4.79 Å². The third-order valence-electron chi connectivity index (χ3n) is 6.12. The van der Waals surface area contributed by atoms with Gasteiger partial charge in [-0.15, -0.1) is 0 Å². The molecule has 0 unspecified atom stereocenters. The highest BCUT2D eigenvalue weighted by Crippen LogP contribution is 2.39. The molecule has 1 N–H and O–H groups in total. The van der Waals surface area contributed by atoms with E-state index >= 15 is 0 Å². The predicted molar refractivity (Wildman–Crippen MR) is 111 cm³/mol. The van der Waals surface area contributed by atoms with Crippen LogP contribution in [0.15, 0.2) is 42.7 Å². The van der Waals surface area contributed by atoms with Crippen molar-refractivity contribution < 1.29 is 27.9 Å². The Morgan fingerprint density at radius 2 is 1.72 bits per heavy atom. The molecule has 1 amide bonds. The summed E-state index contributed by atoms with van der Waals surface area (Å²) in [5.74, 6) is -2.58. The van der Waals surface area contributed by atoms with Crippen LogP contribution in [-0.4, -0.2) is 67.9 Å². The van der Waals surface area contributed by atoms with Crippen molar-refractivity contribution >= 4 is 11.9 Å². The zero-order valence-electron chi connectivity index (χ0n) is 17.9. The molecular weight excluding hydrogens is 425 g/mol. The smallest absolute Gasteiger partial charge is 0.475 e. The molecule has 2 fully saturated rings. The van der Waals surface area contributed by atoms with Gasteiger partial charge in [-0.05, 0) is 44.4 Å². The van der Waals surface area contributed by atoms with Gasteiger partial charge >= 0.3 is 12.1 Å². The number of aryl methyl sites for hydroxylation is 1. The molecular formula is C22H27F3N4O3. The topological polar surface area (TPSA) is 78.7 Å². The Morgan fingerprint density at radius 3 is 2.25 bits per heavy atom. The number of nitrogens with zero attached hydrogens (tertiary/aromatic N) is 4. The first kappa shape index (κ1) is 23.8. The number of benzene rings is 1. The summed E-state index contributed by atoms with van der Waals surface area (Å²) in [6.07, 6.45) is 3.66. The van der Waals surface area contributed by atoms with Crippen molar-refractivity contribution in [2.75, 3.05) is 19.6 Å². The van der Waals surface area contributed by atoms with Crippen LogP contribution in [0.1, 0.15) is 41.6 Å². The molecule has 2 saturated heterocycles. The molecule has 2 aliphatic heterocycles. The first-order valence-corrected chi connectivity index (χ1v) is 10.5. The van der Waals surface area contributed by atoms with Gasteiger partial charge in [-0.2, -0.15) is 18.3 Å². The quantitative estimate of drug-likeness (QED) is 0.773. The number of hydrogen-bond donors (Lipinski definition) is 1. The number of alkyl halides is 3. The maximum Gasteiger partial charge on any atom is 0.490 e. The number of carbonyl (C=O) groups is 2.